The molecule has 150 valence electrons. The molecule has 0 atom stereocenters. The molecule has 5 nitrogen and oxygen atoms in total. The highest BCUT2D eigenvalue weighted by Crippen LogP contribution is 2.17. The summed E-state index contributed by atoms with van der Waals surface area (Å²) in [6.45, 7) is 16.2. The van der Waals surface area contributed by atoms with Crippen LogP contribution in [0.3, 0.4) is 0 Å². The number of halogens is 1. The van der Waals surface area contributed by atoms with Crippen LogP contribution in [0.1, 0.15) is 49.2 Å². The van der Waals surface area contributed by atoms with Crippen molar-refractivity contribution >= 4 is 41.3 Å². The number of hydrogen-bond acceptors (Lipinski definition) is 4. The lowest BCUT2D eigenvalue weighted by atomic mass is 10.0. The van der Waals surface area contributed by atoms with Crippen LogP contribution in [0.15, 0.2) is 4.99 Å². The molecule has 0 aromatic carbocycles. The SMILES string of the molecule is CCNC(=NCCc1sc(C)nc1C)NC1CCN(CC(C)C)CC1.I. The van der Waals surface area contributed by atoms with Crippen molar-refractivity contribution in [3.05, 3.63) is 15.6 Å². The van der Waals surface area contributed by atoms with Gasteiger partial charge in [-0.3, -0.25) is 4.99 Å². The molecule has 2 rings (SSSR count). The number of thiazole rings is 1. The number of aryl methyl sites for hydroxylation is 2. The Hall–Kier alpha value is -0.410. The summed E-state index contributed by atoms with van der Waals surface area (Å²) in [6, 6.07) is 0.536. The summed E-state index contributed by atoms with van der Waals surface area (Å²) < 4.78 is 0. The van der Waals surface area contributed by atoms with Gasteiger partial charge in [0.2, 0.25) is 0 Å². The number of hydrogen-bond donors (Lipinski definition) is 2. The topological polar surface area (TPSA) is 52.6 Å². The molecule has 0 aliphatic carbocycles. The highest BCUT2D eigenvalue weighted by atomic mass is 127. The number of nitrogens with zero attached hydrogens (tertiary/aromatic N) is 3. The number of likely N-dealkylation sites (tertiary alicyclic amines) is 1. The molecule has 1 saturated heterocycles. The Kier molecular flexibility index (Phi) is 11.0. The van der Waals surface area contributed by atoms with Crippen molar-refractivity contribution in [2.45, 2.75) is 59.9 Å². The van der Waals surface area contributed by atoms with E-state index in [4.69, 9.17) is 4.99 Å². The molecule has 26 heavy (non-hydrogen) atoms. The number of aromatic nitrogens is 1. The predicted molar refractivity (Wildman–Crippen MR) is 124 cm³/mol. The molecule has 0 unspecified atom stereocenters. The highest BCUT2D eigenvalue weighted by molar-refractivity contribution is 14.0. The summed E-state index contributed by atoms with van der Waals surface area (Å²) in [4.78, 5) is 13.2. The zero-order valence-electron chi connectivity index (χ0n) is 17.0. The number of aliphatic imine (C=N–C) groups is 1. The third-order valence-corrected chi connectivity index (χ3v) is 5.64. The van der Waals surface area contributed by atoms with Crippen molar-refractivity contribution in [3.63, 3.8) is 0 Å². The fourth-order valence-corrected chi connectivity index (χ4v) is 4.29. The van der Waals surface area contributed by atoms with E-state index in [9.17, 15) is 0 Å². The Balaban J connectivity index is 0.00000338. The minimum Gasteiger partial charge on any atom is -0.357 e. The molecule has 1 aromatic rings. The van der Waals surface area contributed by atoms with E-state index in [1.807, 2.05) is 0 Å². The Morgan fingerprint density at radius 2 is 2.00 bits per heavy atom. The van der Waals surface area contributed by atoms with Gasteiger partial charge in [0, 0.05) is 50.1 Å². The van der Waals surface area contributed by atoms with E-state index in [1.165, 1.54) is 37.4 Å². The third kappa shape index (κ3) is 8.08. The van der Waals surface area contributed by atoms with Crippen LogP contribution in [-0.4, -0.2) is 54.6 Å². The van der Waals surface area contributed by atoms with Gasteiger partial charge in [-0.15, -0.1) is 35.3 Å². The maximum Gasteiger partial charge on any atom is 0.191 e. The molecule has 2 N–H and O–H groups in total. The summed E-state index contributed by atoms with van der Waals surface area (Å²) in [6.07, 6.45) is 3.37. The van der Waals surface area contributed by atoms with Crippen LogP contribution in [0, 0.1) is 19.8 Å². The van der Waals surface area contributed by atoms with E-state index in [1.54, 1.807) is 11.3 Å². The molecule has 0 radical (unpaired) electrons. The molecule has 1 aliphatic heterocycles. The molecular formula is C19H36IN5S. The van der Waals surface area contributed by atoms with Gasteiger partial charge in [-0.25, -0.2) is 4.98 Å². The lowest BCUT2D eigenvalue weighted by Gasteiger charge is -2.34. The third-order valence-electron chi connectivity index (χ3n) is 4.50. The lowest BCUT2D eigenvalue weighted by molar-refractivity contribution is 0.187. The van der Waals surface area contributed by atoms with Gasteiger partial charge in [0.1, 0.15) is 0 Å². The number of nitrogens with one attached hydrogen (secondary N) is 2. The maximum atomic E-state index is 4.78. The van der Waals surface area contributed by atoms with Crippen LogP contribution in [-0.2, 0) is 6.42 Å². The second kappa shape index (κ2) is 12.1. The van der Waals surface area contributed by atoms with Crippen LogP contribution >= 0.6 is 35.3 Å². The van der Waals surface area contributed by atoms with E-state index in [-0.39, 0.29) is 24.0 Å². The first-order valence-corrected chi connectivity index (χ1v) is 10.5. The van der Waals surface area contributed by atoms with Crippen molar-refractivity contribution < 1.29 is 0 Å². The van der Waals surface area contributed by atoms with Crippen molar-refractivity contribution in [1.29, 1.82) is 0 Å². The zero-order chi connectivity index (χ0) is 18.2. The molecule has 1 aromatic heterocycles. The Labute approximate surface area is 180 Å². The quantitative estimate of drug-likeness (QED) is 0.346. The van der Waals surface area contributed by atoms with Crippen LogP contribution in [0.25, 0.3) is 0 Å². The van der Waals surface area contributed by atoms with Crippen LogP contribution in [0.4, 0.5) is 0 Å². The summed E-state index contributed by atoms with van der Waals surface area (Å²) >= 11 is 1.79. The lowest BCUT2D eigenvalue weighted by Crippen LogP contribution is -2.49. The maximum absolute atomic E-state index is 4.78. The zero-order valence-corrected chi connectivity index (χ0v) is 20.1. The Bertz CT molecular complexity index is 550. The molecule has 0 amide bonds. The minimum atomic E-state index is 0. The number of piperidine rings is 1. The minimum absolute atomic E-state index is 0. The van der Waals surface area contributed by atoms with E-state index >= 15 is 0 Å². The first-order valence-electron chi connectivity index (χ1n) is 9.68. The fraction of sp³-hybridized carbons (Fsp3) is 0.789. The van der Waals surface area contributed by atoms with Gasteiger partial charge >= 0.3 is 0 Å². The molecule has 0 saturated carbocycles. The van der Waals surface area contributed by atoms with Gasteiger partial charge in [-0.2, -0.15) is 0 Å². The molecule has 0 bridgehead atoms. The highest BCUT2D eigenvalue weighted by Gasteiger charge is 2.20. The largest absolute Gasteiger partial charge is 0.357 e. The van der Waals surface area contributed by atoms with Crippen molar-refractivity contribution in [2.75, 3.05) is 32.7 Å². The van der Waals surface area contributed by atoms with E-state index < -0.39 is 0 Å². The van der Waals surface area contributed by atoms with Crippen molar-refractivity contribution in [2.24, 2.45) is 10.9 Å². The molecular weight excluding hydrogens is 457 g/mol. The van der Waals surface area contributed by atoms with Crippen LogP contribution < -0.4 is 10.6 Å². The van der Waals surface area contributed by atoms with Gasteiger partial charge in [0.05, 0.1) is 10.7 Å². The summed E-state index contributed by atoms with van der Waals surface area (Å²) in [5.74, 6) is 1.71. The van der Waals surface area contributed by atoms with E-state index in [2.05, 4.69) is 55.1 Å². The smallest absolute Gasteiger partial charge is 0.191 e. The molecule has 2 heterocycles. The Morgan fingerprint density at radius 1 is 1.31 bits per heavy atom. The Morgan fingerprint density at radius 3 is 2.54 bits per heavy atom. The molecule has 1 aliphatic rings. The number of rotatable bonds is 7. The van der Waals surface area contributed by atoms with Gasteiger partial charge in [0.15, 0.2) is 5.96 Å². The summed E-state index contributed by atoms with van der Waals surface area (Å²) in [5.41, 5.74) is 1.16. The van der Waals surface area contributed by atoms with Crippen LogP contribution in [0.2, 0.25) is 0 Å². The standard InChI is InChI=1S/C19H35N5S.HI/c1-6-20-19(21-10-7-18-15(4)22-16(5)25-18)23-17-8-11-24(12-9-17)13-14(2)3;/h14,17H,6-13H2,1-5H3,(H2,20,21,23);1H. The number of guanidine groups is 1. The molecule has 7 heteroatoms. The normalized spacial score (nSPS) is 16.6. The second-order valence-electron chi connectivity index (χ2n) is 7.37. The first-order chi connectivity index (χ1) is 12.0. The first kappa shape index (κ1) is 23.6. The monoisotopic (exact) mass is 493 g/mol. The molecule has 1 fully saturated rings. The van der Waals surface area contributed by atoms with Gasteiger partial charge < -0.3 is 15.5 Å². The average molecular weight is 494 g/mol. The summed E-state index contributed by atoms with van der Waals surface area (Å²) in [7, 11) is 0. The van der Waals surface area contributed by atoms with Crippen molar-refractivity contribution in [1.82, 2.24) is 20.5 Å². The average Bonchev–Trinajstić information content (AvgIpc) is 2.86. The van der Waals surface area contributed by atoms with Gasteiger partial charge in [-0.1, -0.05) is 13.8 Å². The van der Waals surface area contributed by atoms with Crippen LogP contribution in [0.5, 0.6) is 0 Å². The van der Waals surface area contributed by atoms with Gasteiger partial charge in [0.25, 0.3) is 0 Å². The second-order valence-corrected chi connectivity index (χ2v) is 8.65. The van der Waals surface area contributed by atoms with Gasteiger partial charge in [-0.05, 0) is 39.5 Å². The fourth-order valence-electron chi connectivity index (χ4n) is 3.36. The van der Waals surface area contributed by atoms with E-state index in [0.29, 0.717) is 6.04 Å². The molecule has 0 spiro atoms. The predicted octanol–water partition coefficient (Wildman–Crippen LogP) is 3.60. The van der Waals surface area contributed by atoms with E-state index in [0.717, 1.165) is 42.1 Å². The van der Waals surface area contributed by atoms with Crippen molar-refractivity contribution in [3.8, 4) is 0 Å². The summed E-state index contributed by atoms with van der Waals surface area (Å²) in [5, 5.41) is 8.18.